The third kappa shape index (κ3) is 3.15. The summed E-state index contributed by atoms with van der Waals surface area (Å²) >= 11 is 0. The van der Waals surface area contributed by atoms with E-state index in [1.807, 2.05) is 0 Å². The molecule has 130 valence electrons. The summed E-state index contributed by atoms with van der Waals surface area (Å²) in [4.78, 5) is 32.9. The SMILES string of the molecule is CN1CCN(CCNc2nnc3c(n2)c(=O)n(C)c(=O)n3C)CC1. The fraction of sp³-hybridized carbons (Fsp3) is 0.643. The molecule has 3 heterocycles. The Bertz CT molecular complexity index is 850. The van der Waals surface area contributed by atoms with Crippen molar-refractivity contribution < 1.29 is 0 Å². The van der Waals surface area contributed by atoms with Crippen LogP contribution in [0, 0.1) is 0 Å². The number of nitrogens with zero attached hydrogens (tertiary/aromatic N) is 7. The quantitative estimate of drug-likeness (QED) is 0.691. The highest BCUT2D eigenvalue weighted by Gasteiger charge is 2.14. The van der Waals surface area contributed by atoms with E-state index in [0.717, 1.165) is 37.3 Å². The van der Waals surface area contributed by atoms with Gasteiger partial charge in [0, 0.05) is 53.4 Å². The fourth-order valence-electron chi connectivity index (χ4n) is 2.72. The molecule has 1 aliphatic heterocycles. The van der Waals surface area contributed by atoms with Crippen LogP contribution in [0.4, 0.5) is 5.95 Å². The average molecular weight is 334 g/mol. The maximum absolute atomic E-state index is 12.2. The molecule has 2 aromatic heterocycles. The minimum Gasteiger partial charge on any atom is -0.352 e. The number of piperazine rings is 1. The number of aryl methyl sites for hydroxylation is 1. The number of aromatic nitrogens is 5. The molecule has 10 nitrogen and oxygen atoms in total. The molecular formula is C14H22N8O2. The van der Waals surface area contributed by atoms with Crippen molar-refractivity contribution in [2.75, 3.05) is 51.6 Å². The number of hydrogen-bond donors (Lipinski definition) is 1. The Kier molecular flexibility index (Phi) is 4.58. The largest absolute Gasteiger partial charge is 0.352 e. The summed E-state index contributed by atoms with van der Waals surface area (Å²) in [5, 5.41) is 11.0. The van der Waals surface area contributed by atoms with Crippen molar-refractivity contribution in [1.29, 1.82) is 0 Å². The minimum absolute atomic E-state index is 0.136. The summed E-state index contributed by atoms with van der Waals surface area (Å²) in [6.07, 6.45) is 0. The zero-order chi connectivity index (χ0) is 17.3. The number of likely N-dealkylation sites (N-methyl/N-ethyl adjacent to an activating group) is 1. The predicted octanol–water partition coefficient (Wildman–Crippen LogP) is -1.92. The Morgan fingerprint density at radius 2 is 1.71 bits per heavy atom. The maximum Gasteiger partial charge on any atom is 0.332 e. The number of anilines is 1. The lowest BCUT2D eigenvalue weighted by Gasteiger charge is -2.32. The lowest BCUT2D eigenvalue weighted by atomic mass is 10.3. The number of rotatable bonds is 4. The van der Waals surface area contributed by atoms with Crippen molar-refractivity contribution in [2.45, 2.75) is 0 Å². The van der Waals surface area contributed by atoms with Gasteiger partial charge in [-0.3, -0.25) is 18.8 Å². The summed E-state index contributed by atoms with van der Waals surface area (Å²) in [5.74, 6) is 0.298. The molecule has 0 radical (unpaired) electrons. The third-order valence-corrected chi connectivity index (χ3v) is 4.37. The van der Waals surface area contributed by atoms with Crippen LogP contribution in [-0.4, -0.2) is 80.4 Å². The molecule has 10 heteroatoms. The van der Waals surface area contributed by atoms with Crippen LogP contribution in [0.2, 0.25) is 0 Å². The molecule has 0 atom stereocenters. The number of fused-ring (bicyclic) bond motifs is 1. The highest BCUT2D eigenvalue weighted by molar-refractivity contribution is 5.69. The topological polar surface area (TPSA) is 101 Å². The van der Waals surface area contributed by atoms with Crippen molar-refractivity contribution in [1.82, 2.24) is 34.1 Å². The highest BCUT2D eigenvalue weighted by Crippen LogP contribution is 2.03. The second-order valence-electron chi connectivity index (χ2n) is 6.09. The third-order valence-electron chi connectivity index (χ3n) is 4.37. The second-order valence-corrected chi connectivity index (χ2v) is 6.09. The van der Waals surface area contributed by atoms with Crippen LogP contribution in [0.25, 0.3) is 11.2 Å². The Morgan fingerprint density at radius 3 is 2.42 bits per heavy atom. The normalized spacial score (nSPS) is 16.6. The maximum atomic E-state index is 12.2. The van der Waals surface area contributed by atoms with Gasteiger partial charge in [-0.25, -0.2) is 9.78 Å². The van der Waals surface area contributed by atoms with Gasteiger partial charge in [0.15, 0.2) is 11.2 Å². The molecule has 0 unspecified atom stereocenters. The molecule has 0 amide bonds. The van der Waals surface area contributed by atoms with Gasteiger partial charge in [-0.15, -0.1) is 10.2 Å². The molecule has 1 aliphatic rings. The Labute approximate surface area is 138 Å². The van der Waals surface area contributed by atoms with Crippen molar-refractivity contribution >= 4 is 17.1 Å². The van der Waals surface area contributed by atoms with Gasteiger partial charge in [-0.05, 0) is 7.05 Å². The zero-order valence-electron chi connectivity index (χ0n) is 14.2. The van der Waals surface area contributed by atoms with Crippen LogP contribution in [-0.2, 0) is 14.1 Å². The van der Waals surface area contributed by atoms with Gasteiger partial charge in [0.2, 0.25) is 5.95 Å². The van der Waals surface area contributed by atoms with Gasteiger partial charge < -0.3 is 10.2 Å². The fourth-order valence-corrected chi connectivity index (χ4v) is 2.72. The van der Waals surface area contributed by atoms with E-state index in [1.165, 1.54) is 11.6 Å². The van der Waals surface area contributed by atoms with E-state index < -0.39 is 11.2 Å². The van der Waals surface area contributed by atoms with Crippen LogP contribution in [0.5, 0.6) is 0 Å². The molecule has 0 aliphatic carbocycles. The highest BCUT2D eigenvalue weighted by atomic mass is 16.2. The molecule has 2 aromatic rings. The van der Waals surface area contributed by atoms with Gasteiger partial charge in [-0.1, -0.05) is 0 Å². The first-order chi connectivity index (χ1) is 11.5. The van der Waals surface area contributed by atoms with E-state index in [4.69, 9.17) is 0 Å². The summed E-state index contributed by atoms with van der Waals surface area (Å²) in [6, 6.07) is 0. The summed E-state index contributed by atoms with van der Waals surface area (Å²) < 4.78 is 2.29. The molecule has 0 spiro atoms. The van der Waals surface area contributed by atoms with E-state index in [9.17, 15) is 9.59 Å². The van der Waals surface area contributed by atoms with Crippen LogP contribution in [0.15, 0.2) is 9.59 Å². The first-order valence-electron chi connectivity index (χ1n) is 7.92. The van der Waals surface area contributed by atoms with E-state index in [2.05, 4.69) is 37.3 Å². The lowest BCUT2D eigenvalue weighted by Crippen LogP contribution is -2.45. The van der Waals surface area contributed by atoms with Crippen LogP contribution < -0.4 is 16.6 Å². The Balaban J connectivity index is 1.72. The summed E-state index contributed by atoms with van der Waals surface area (Å²) in [5.41, 5.74) is -0.589. The van der Waals surface area contributed by atoms with Crippen molar-refractivity contribution in [3.8, 4) is 0 Å². The average Bonchev–Trinajstić information content (AvgIpc) is 2.59. The summed E-state index contributed by atoms with van der Waals surface area (Å²) in [7, 11) is 5.09. The first-order valence-corrected chi connectivity index (χ1v) is 7.92. The van der Waals surface area contributed by atoms with Crippen LogP contribution in [0.1, 0.15) is 0 Å². The predicted molar refractivity (Wildman–Crippen MR) is 90.2 cm³/mol. The first kappa shape index (κ1) is 16.5. The molecule has 1 N–H and O–H groups in total. The zero-order valence-corrected chi connectivity index (χ0v) is 14.2. The molecule has 0 bridgehead atoms. The lowest BCUT2D eigenvalue weighted by molar-refractivity contribution is 0.158. The monoisotopic (exact) mass is 334 g/mol. The van der Waals surface area contributed by atoms with E-state index >= 15 is 0 Å². The second kappa shape index (κ2) is 6.65. The molecule has 24 heavy (non-hydrogen) atoms. The van der Waals surface area contributed by atoms with Crippen LogP contribution in [0.3, 0.4) is 0 Å². The smallest absolute Gasteiger partial charge is 0.332 e. The van der Waals surface area contributed by atoms with Crippen LogP contribution >= 0.6 is 0 Å². The number of hydrogen-bond acceptors (Lipinski definition) is 8. The van der Waals surface area contributed by atoms with Crippen molar-refractivity contribution in [3.63, 3.8) is 0 Å². The standard InChI is InChI=1S/C14H22N8O2/c1-19-6-8-22(9-7-19)5-4-15-13-16-10-11(17-18-13)20(2)14(24)21(3)12(10)23/h4-9H2,1-3H3,(H,15,16,18). The van der Waals surface area contributed by atoms with Gasteiger partial charge in [-0.2, -0.15) is 0 Å². The van der Waals surface area contributed by atoms with E-state index in [1.54, 1.807) is 7.05 Å². The molecule has 1 saturated heterocycles. The molecule has 3 rings (SSSR count). The Morgan fingerprint density at radius 1 is 1.00 bits per heavy atom. The summed E-state index contributed by atoms with van der Waals surface area (Å²) in [6.45, 7) is 5.76. The van der Waals surface area contributed by atoms with Gasteiger partial charge in [0.25, 0.3) is 5.56 Å². The minimum atomic E-state index is -0.467. The molecule has 0 saturated carbocycles. The molecule has 1 fully saturated rings. The molecule has 0 aromatic carbocycles. The Hall–Kier alpha value is -2.33. The van der Waals surface area contributed by atoms with Crippen molar-refractivity contribution in [3.05, 3.63) is 20.8 Å². The number of nitrogens with one attached hydrogen (secondary N) is 1. The van der Waals surface area contributed by atoms with Crippen molar-refractivity contribution in [2.24, 2.45) is 14.1 Å². The molecular weight excluding hydrogens is 312 g/mol. The van der Waals surface area contributed by atoms with E-state index in [0.29, 0.717) is 12.5 Å². The van der Waals surface area contributed by atoms with Gasteiger partial charge in [0.05, 0.1) is 0 Å². The van der Waals surface area contributed by atoms with E-state index in [-0.39, 0.29) is 11.2 Å². The van der Waals surface area contributed by atoms with Gasteiger partial charge in [0.1, 0.15) is 0 Å². The van der Waals surface area contributed by atoms with Gasteiger partial charge >= 0.3 is 5.69 Å².